The maximum Gasteiger partial charge on any atom is 0.153 e. The van der Waals surface area contributed by atoms with Gasteiger partial charge < -0.3 is 10.5 Å². The van der Waals surface area contributed by atoms with E-state index in [4.69, 9.17) is 10.5 Å². The predicted octanol–water partition coefficient (Wildman–Crippen LogP) is 3.84. The highest BCUT2D eigenvalue weighted by molar-refractivity contribution is 5.84. The van der Waals surface area contributed by atoms with E-state index in [-0.39, 0.29) is 0 Å². The maximum atomic E-state index is 6.11. The minimum Gasteiger partial charge on any atom is -0.455 e. The van der Waals surface area contributed by atoms with Crippen molar-refractivity contribution in [1.82, 2.24) is 4.98 Å². The molecule has 0 fully saturated rings. The lowest BCUT2D eigenvalue weighted by Gasteiger charge is -2.13. The van der Waals surface area contributed by atoms with Crippen LogP contribution in [-0.4, -0.2) is 11.5 Å². The van der Waals surface area contributed by atoms with Gasteiger partial charge in [-0.25, -0.2) is 0 Å². The van der Waals surface area contributed by atoms with Gasteiger partial charge in [0.15, 0.2) is 5.75 Å². The molecular weight excluding hydrogens is 260 g/mol. The normalized spacial score (nSPS) is 10.8. The van der Waals surface area contributed by atoms with Crippen LogP contribution in [0.25, 0.3) is 10.9 Å². The monoisotopic (exact) mass is 278 g/mol. The zero-order valence-electron chi connectivity index (χ0n) is 12.0. The number of ether oxygens (including phenoxy) is 1. The second-order valence-electron chi connectivity index (χ2n) is 5.08. The van der Waals surface area contributed by atoms with Crippen molar-refractivity contribution in [2.75, 3.05) is 6.54 Å². The summed E-state index contributed by atoms with van der Waals surface area (Å²) in [4.78, 5) is 4.42. The molecule has 0 aliphatic carbocycles. The fourth-order valence-electron chi connectivity index (χ4n) is 2.44. The number of hydrogen-bond acceptors (Lipinski definition) is 3. The van der Waals surface area contributed by atoms with Crippen molar-refractivity contribution in [3.05, 3.63) is 65.9 Å². The first kappa shape index (κ1) is 13.6. The van der Waals surface area contributed by atoms with Gasteiger partial charge in [0.05, 0.1) is 0 Å². The van der Waals surface area contributed by atoms with E-state index < -0.39 is 0 Å². The first-order chi connectivity index (χ1) is 10.3. The third-order valence-corrected chi connectivity index (χ3v) is 3.45. The lowest BCUT2D eigenvalue weighted by Crippen LogP contribution is -2.04. The van der Waals surface area contributed by atoms with Crippen molar-refractivity contribution in [3.8, 4) is 11.5 Å². The molecule has 0 saturated carbocycles. The molecule has 3 rings (SSSR count). The van der Waals surface area contributed by atoms with E-state index in [9.17, 15) is 0 Å². The highest BCUT2D eigenvalue weighted by Crippen LogP contribution is 2.31. The standard InChI is InChI=1S/C18H18N2O/c1-13-7-8-16(15(12-13)9-10-19)21-17-6-2-4-14-5-3-11-20-18(14)17/h2-8,11-12H,9-10,19H2,1H3. The van der Waals surface area contributed by atoms with Crippen molar-refractivity contribution in [3.63, 3.8) is 0 Å². The van der Waals surface area contributed by atoms with Crippen LogP contribution in [0, 0.1) is 6.92 Å². The molecule has 2 N–H and O–H groups in total. The smallest absolute Gasteiger partial charge is 0.153 e. The molecule has 0 radical (unpaired) electrons. The third-order valence-electron chi connectivity index (χ3n) is 3.45. The van der Waals surface area contributed by atoms with Gasteiger partial charge in [-0.1, -0.05) is 35.9 Å². The number of para-hydroxylation sites is 1. The number of rotatable bonds is 4. The van der Waals surface area contributed by atoms with E-state index >= 15 is 0 Å². The van der Waals surface area contributed by atoms with Gasteiger partial charge in [-0.2, -0.15) is 0 Å². The first-order valence-corrected chi connectivity index (χ1v) is 7.09. The van der Waals surface area contributed by atoms with Gasteiger partial charge in [-0.05, 0) is 43.7 Å². The molecule has 3 aromatic rings. The minimum atomic E-state index is 0.605. The summed E-state index contributed by atoms with van der Waals surface area (Å²) >= 11 is 0. The Bertz CT molecular complexity index is 763. The lowest BCUT2D eigenvalue weighted by molar-refractivity contribution is 0.480. The van der Waals surface area contributed by atoms with Crippen molar-refractivity contribution >= 4 is 10.9 Å². The van der Waals surface area contributed by atoms with Crippen LogP contribution in [0.1, 0.15) is 11.1 Å². The van der Waals surface area contributed by atoms with Crippen LogP contribution in [0.4, 0.5) is 0 Å². The molecule has 1 heterocycles. The number of nitrogens with two attached hydrogens (primary N) is 1. The summed E-state index contributed by atoms with van der Waals surface area (Å²) < 4.78 is 6.11. The number of hydrogen-bond donors (Lipinski definition) is 1. The van der Waals surface area contributed by atoms with Gasteiger partial charge in [0.2, 0.25) is 0 Å². The molecular formula is C18H18N2O. The highest BCUT2D eigenvalue weighted by Gasteiger charge is 2.08. The van der Waals surface area contributed by atoms with Crippen molar-refractivity contribution in [2.45, 2.75) is 13.3 Å². The second kappa shape index (κ2) is 5.94. The maximum absolute atomic E-state index is 6.11. The molecule has 106 valence electrons. The summed E-state index contributed by atoms with van der Waals surface area (Å²) in [5, 5.41) is 1.07. The van der Waals surface area contributed by atoms with Crippen LogP contribution in [-0.2, 0) is 6.42 Å². The van der Waals surface area contributed by atoms with Crippen LogP contribution in [0.3, 0.4) is 0 Å². The van der Waals surface area contributed by atoms with E-state index in [1.54, 1.807) is 6.20 Å². The van der Waals surface area contributed by atoms with Crippen LogP contribution in [0.15, 0.2) is 54.7 Å². The summed E-state index contributed by atoms with van der Waals surface area (Å²) in [5.41, 5.74) is 8.91. The average molecular weight is 278 g/mol. The Morgan fingerprint density at radius 3 is 2.76 bits per heavy atom. The van der Waals surface area contributed by atoms with Gasteiger partial charge in [0, 0.05) is 11.6 Å². The van der Waals surface area contributed by atoms with E-state index in [1.165, 1.54) is 5.56 Å². The number of aromatic nitrogens is 1. The molecule has 2 aromatic carbocycles. The molecule has 0 aliphatic rings. The van der Waals surface area contributed by atoms with Crippen LogP contribution >= 0.6 is 0 Å². The Morgan fingerprint density at radius 1 is 1.05 bits per heavy atom. The molecule has 3 heteroatoms. The van der Waals surface area contributed by atoms with Crippen LogP contribution in [0.2, 0.25) is 0 Å². The van der Waals surface area contributed by atoms with Gasteiger partial charge in [0.1, 0.15) is 11.3 Å². The number of fused-ring (bicyclic) bond motifs is 1. The van der Waals surface area contributed by atoms with Gasteiger partial charge in [-0.15, -0.1) is 0 Å². The number of pyridine rings is 1. The largest absolute Gasteiger partial charge is 0.455 e. The Balaban J connectivity index is 2.02. The van der Waals surface area contributed by atoms with E-state index in [2.05, 4.69) is 18.0 Å². The van der Waals surface area contributed by atoms with Crippen LogP contribution < -0.4 is 10.5 Å². The molecule has 0 spiro atoms. The van der Waals surface area contributed by atoms with Gasteiger partial charge >= 0.3 is 0 Å². The molecule has 0 bridgehead atoms. The first-order valence-electron chi connectivity index (χ1n) is 7.09. The molecule has 1 aromatic heterocycles. The SMILES string of the molecule is Cc1ccc(Oc2cccc3cccnc23)c(CCN)c1. The fourth-order valence-corrected chi connectivity index (χ4v) is 2.44. The minimum absolute atomic E-state index is 0.605. The van der Waals surface area contributed by atoms with E-state index in [0.717, 1.165) is 34.4 Å². The Kier molecular flexibility index (Phi) is 3.84. The molecule has 3 nitrogen and oxygen atoms in total. The summed E-state index contributed by atoms with van der Waals surface area (Å²) in [5.74, 6) is 1.62. The fraction of sp³-hybridized carbons (Fsp3) is 0.167. The highest BCUT2D eigenvalue weighted by atomic mass is 16.5. The number of aryl methyl sites for hydroxylation is 1. The number of benzene rings is 2. The predicted molar refractivity (Wildman–Crippen MR) is 85.8 cm³/mol. The van der Waals surface area contributed by atoms with E-state index in [1.807, 2.05) is 42.5 Å². The molecule has 0 unspecified atom stereocenters. The van der Waals surface area contributed by atoms with Crippen molar-refractivity contribution in [1.29, 1.82) is 0 Å². The molecule has 0 aliphatic heterocycles. The third kappa shape index (κ3) is 2.88. The van der Waals surface area contributed by atoms with Gasteiger partial charge in [-0.3, -0.25) is 4.98 Å². The molecule has 0 amide bonds. The van der Waals surface area contributed by atoms with Crippen molar-refractivity contribution in [2.24, 2.45) is 5.73 Å². The van der Waals surface area contributed by atoms with Gasteiger partial charge in [0.25, 0.3) is 0 Å². The summed E-state index contributed by atoms with van der Waals surface area (Å²) in [6.45, 7) is 2.68. The van der Waals surface area contributed by atoms with E-state index in [0.29, 0.717) is 6.54 Å². The molecule has 0 saturated heterocycles. The summed E-state index contributed by atoms with van der Waals surface area (Å²) in [6.07, 6.45) is 2.58. The average Bonchev–Trinajstić information content (AvgIpc) is 2.50. The van der Waals surface area contributed by atoms with Crippen LogP contribution in [0.5, 0.6) is 11.5 Å². The van der Waals surface area contributed by atoms with Crippen molar-refractivity contribution < 1.29 is 4.74 Å². The summed E-state index contributed by atoms with van der Waals surface area (Å²) in [6, 6.07) is 16.1. The lowest BCUT2D eigenvalue weighted by atomic mass is 10.1. The summed E-state index contributed by atoms with van der Waals surface area (Å²) in [7, 11) is 0. The Labute approximate surface area is 124 Å². The molecule has 0 atom stereocenters. The second-order valence-corrected chi connectivity index (χ2v) is 5.08. The number of nitrogens with zero attached hydrogens (tertiary/aromatic N) is 1. The Morgan fingerprint density at radius 2 is 1.90 bits per heavy atom. The molecule has 21 heavy (non-hydrogen) atoms. The topological polar surface area (TPSA) is 48.1 Å². The quantitative estimate of drug-likeness (QED) is 0.789. The zero-order chi connectivity index (χ0) is 14.7. The Hall–Kier alpha value is -2.39. The zero-order valence-corrected chi connectivity index (χ0v) is 12.0.